The topological polar surface area (TPSA) is 96.7 Å². The van der Waals surface area contributed by atoms with Crippen LogP contribution >= 0.6 is 11.6 Å². The van der Waals surface area contributed by atoms with Gasteiger partial charge in [-0.05, 0) is 54.4 Å². The summed E-state index contributed by atoms with van der Waals surface area (Å²) in [5.74, 6) is 1.01. The van der Waals surface area contributed by atoms with Gasteiger partial charge in [0.05, 0.1) is 45.3 Å². The second kappa shape index (κ2) is 15.4. The van der Waals surface area contributed by atoms with Gasteiger partial charge in [0, 0.05) is 38.4 Å². The zero-order chi connectivity index (χ0) is 29.9. The van der Waals surface area contributed by atoms with Crippen molar-refractivity contribution in [1.82, 2.24) is 14.7 Å². The van der Waals surface area contributed by atoms with Crippen LogP contribution in [0.3, 0.4) is 0 Å². The minimum Gasteiger partial charge on any atom is -0.493 e. The van der Waals surface area contributed by atoms with Crippen molar-refractivity contribution in [3.05, 3.63) is 77.0 Å². The Labute approximate surface area is 249 Å². The molecule has 0 atom stereocenters. The van der Waals surface area contributed by atoms with E-state index in [-0.39, 0.29) is 24.0 Å². The van der Waals surface area contributed by atoms with E-state index in [1.54, 1.807) is 37.5 Å². The van der Waals surface area contributed by atoms with E-state index in [1.807, 2.05) is 18.2 Å². The first-order valence-corrected chi connectivity index (χ1v) is 14.1. The highest BCUT2D eigenvalue weighted by atomic mass is 35.5. The van der Waals surface area contributed by atoms with Crippen molar-refractivity contribution in [2.45, 2.75) is 13.0 Å². The lowest BCUT2D eigenvalue weighted by Gasteiger charge is -2.31. The number of rotatable bonds is 13. The SMILES string of the molecule is COc1ccc(CCN(Cc2ccco2)C(=O)CN(CCN2CCOCC2)C(=O)Nc2ccc(F)c(Cl)c2)cc1OC. The molecule has 10 nitrogen and oxygen atoms in total. The van der Waals surface area contributed by atoms with Crippen molar-refractivity contribution in [2.75, 3.05) is 72.0 Å². The molecule has 42 heavy (non-hydrogen) atoms. The third-order valence-corrected chi connectivity index (χ3v) is 7.26. The Morgan fingerprint density at radius 3 is 2.50 bits per heavy atom. The van der Waals surface area contributed by atoms with E-state index < -0.39 is 11.8 Å². The number of ether oxygens (including phenoxy) is 3. The molecular weight excluding hydrogens is 567 g/mol. The molecule has 0 aliphatic carbocycles. The summed E-state index contributed by atoms with van der Waals surface area (Å²) in [6.45, 7) is 4.04. The van der Waals surface area contributed by atoms with Crippen molar-refractivity contribution < 1.29 is 32.6 Å². The maximum Gasteiger partial charge on any atom is 0.322 e. The molecule has 2 aromatic carbocycles. The predicted molar refractivity (Wildman–Crippen MR) is 157 cm³/mol. The fourth-order valence-electron chi connectivity index (χ4n) is 4.56. The first-order valence-electron chi connectivity index (χ1n) is 13.7. The Kier molecular flexibility index (Phi) is 11.4. The predicted octanol–water partition coefficient (Wildman–Crippen LogP) is 4.53. The van der Waals surface area contributed by atoms with E-state index in [0.717, 1.165) is 18.7 Å². The highest BCUT2D eigenvalue weighted by molar-refractivity contribution is 6.31. The lowest BCUT2D eigenvalue weighted by Crippen LogP contribution is -2.48. The van der Waals surface area contributed by atoms with Gasteiger partial charge in [0.15, 0.2) is 11.5 Å². The molecule has 1 saturated heterocycles. The quantitative estimate of drug-likeness (QED) is 0.307. The second-order valence-corrected chi connectivity index (χ2v) is 10.2. The molecule has 1 aliphatic heterocycles. The van der Waals surface area contributed by atoms with Crippen LogP contribution < -0.4 is 14.8 Å². The van der Waals surface area contributed by atoms with Crippen LogP contribution in [0.4, 0.5) is 14.9 Å². The fraction of sp³-hybridized carbons (Fsp3) is 0.400. The second-order valence-electron chi connectivity index (χ2n) is 9.77. The number of nitrogens with zero attached hydrogens (tertiary/aromatic N) is 3. The lowest BCUT2D eigenvalue weighted by atomic mass is 10.1. The lowest BCUT2D eigenvalue weighted by molar-refractivity contribution is -0.132. The van der Waals surface area contributed by atoms with Crippen molar-refractivity contribution >= 4 is 29.2 Å². The molecular formula is C30H36ClFN4O6. The first kappa shape index (κ1) is 31.1. The number of urea groups is 1. The molecule has 2 heterocycles. The van der Waals surface area contributed by atoms with Crippen molar-refractivity contribution in [2.24, 2.45) is 0 Å². The number of anilines is 1. The summed E-state index contributed by atoms with van der Waals surface area (Å²) in [5.41, 5.74) is 1.29. The first-order chi connectivity index (χ1) is 20.4. The molecule has 0 saturated carbocycles. The third-order valence-electron chi connectivity index (χ3n) is 6.97. The highest BCUT2D eigenvalue weighted by Crippen LogP contribution is 2.28. The number of carbonyl (C=O) groups is 2. The van der Waals surface area contributed by atoms with Gasteiger partial charge >= 0.3 is 6.03 Å². The van der Waals surface area contributed by atoms with Crippen LogP contribution in [0, 0.1) is 5.82 Å². The minimum absolute atomic E-state index is 0.108. The number of morpholine rings is 1. The number of benzene rings is 2. The summed E-state index contributed by atoms with van der Waals surface area (Å²) in [5, 5.41) is 2.64. The maximum absolute atomic E-state index is 13.7. The summed E-state index contributed by atoms with van der Waals surface area (Å²) < 4.78 is 35.4. The van der Waals surface area contributed by atoms with Crippen LogP contribution in [0.1, 0.15) is 11.3 Å². The van der Waals surface area contributed by atoms with E-state index >= 15 is 0 Å². The van der Waals surface area contributed by atoms with Crippen LogP contribution in [0.25, 0.3) is 0 Å². The molecule has 1 aliphatic rings. The van der Waals surface area contributed by atoms with Crippen LogP contribution in [0.5, 0.6) is 11.5 Å². The Bertz CT molecular complexity index is 1320. The third kappa shape index (κ3) is 8.85. The average molecular weight is 603 g/mol. The molecule has 1 aromatic heterocycles. The number of hydrogen-bond donors (Lipinski definition) is 1. The molecule has 1 N–H and O–H groups in total. The smallest absolute Gasteiger partial charge is 0.322 e. The number of hydrogen-bond acceptors (Lipinski definition) is 7. The molecule has 12 heteroatoms. The standard InChI is InChI=1S/C30H36ClFN4O6/c1-39-27-8-5-22(18-28(27)40-2)9-10-35(20-24-4-3-15-42-24)29(37)21-36(12-11-34-13-16-41-17-14-34)30(38)33-23-6-7-26(32)25(31)19-23/h3-8,15,18-19H,9-14,16-17,20-21H2,1-2H3,(H,33,38). The summed E-state index contributed by atoms with van der Waals surface area (Å²) in [6.07, 6.45) is 2.10. The van der Waals surface area contributed by atoms with Gasteiger partial charge in [-0.3, -0.25) is 9.69 Å². The van der Waals surface area contributed by atoms with Crippen LogP contribution in [0.2, 0.25) is 5.02 Å². The van der Waals surface area contributed by atoms with Crippen LogP contribution in [-0.4, -0.2) is 93.3 Å². The average Bonchev–Trinajstić information content (AvgIpc) is 3.52. The molecule has 226 valence electrons. The summed E-state index contributed by atoms with van der Waals surface area (Å²) in [7, 11) is 3.15. The largest absolute Gasteiger partial charge is 0.493 e. The molecule has 1 fully saturated rings. The Morgan fingerprint density at radius 2 is 1.81 bits per heavy atom. The number of carbonyl (C=O) groups excluding carboxylic acids is 2. The Morgan fingerprint density at radius 1 is 1.02 bits per heavy atom. The van der Waals surface area contributed by atoms with Gasteiger partial charge in [0.1, 0.15) is 18.1 Å². The molecule has 0 bridgehead atoms. The van der Waals surface area contributed by atoms with Crippen LogP contribution in [-0.2, 0) is 22.5 Å². The van der Waals surface area contributed by atoms with Gasteiger partial charge in [-0.15, -0.1) is 0 Å². The van der Waals surface area contributed by atoms with E-state index in [1.165, 1.54) is 23.1 Å². The van der Waals surface area contributed by atoms with Crippen molar-refractivity contribution in [3.8, 4) is 11.5 Å². The number of methoxy groups -OCH3 is 2. The fourth-order valence-corrected chi connectivity index (χ4v) is 4.74. The molecule has 0 spiro atoms. The van der Waals surface area contributed by atoms with E-state index in [2.05, 4.69) is 10.2 Å². The summed E-state index contributed by atoms with van der Waals surface area (Å²) in [4.78, 5) is 32.4. The molecule has 4 rings (SSSR count). The summed E-state index contributed by atoms with van der Waals surface area (Å²) >= 11 is 5.91. The van der Waals surface area contributed by atoms with Crippen molar-refractivity contribution in [1.29, 1.82) is 0 Å². The van der Waals surface area contributed by atoms with Crippen molar-refractivity contribution in [3.63, 3.8) is 0 Å². The van der Waals surface area contributed by atoms with E-state index in [9.17, 15) is 14.0 Å². The summed E-state index contributed by atoms with van der Waals surface area (Å²) in [6, 6.07) is 12.7. The van der Waals surface area contributed by atoms with Gasteiger partial charge in [-0.1, -0.05) is 17.7 Å². The van der Waals surface area contributed by atoms with Gasteiger partial charge < -0.3 is 33.7 Å². The van der Waals surface area contributed by atoms with E-state index in [4.69, 9.17) is 30.2 Å². The van der Waals surface area contributed by atoms with Crippen LogP contribution in [0.15, 0.2) is 59.2 Å². The van der Waals surface area contributed by atoms with Gasteiger partial charge in [-0.25, -0.2) is 9.18 Å². The normalized spacial score (nSPS) is 13.4. The molecule has 0 radical (unpaired) electrons. The number of halogens is 2. The zero-order valence-electron chi connectivity index (χ0n) is 23.8. The minimum atomic E-state index is -0.586. The van der Waals surface area contributed by atoms with E-state index in [0.29, 0.717) is 62.2 Å². The molecule has 3 aromatic rings. The Balaban J connectivity index is 1.49. The van der Waals surface area contributed by atoms with Gasteiger partial charge in [0.2, 0.25) is 5.91 Å². The molecule has 0 unspecified atom stereocenters. The number of furan rings is 1. The molecule has 3 amide bonds. The zero-order valence-corrected chi connectivity index (χ0v) is 24.6. The number of amides is 3. The Hall–Kier alpha value is -3.80. The number of nitrogens with one attached hydrogen (secondary N) is 1. The highest BCUT2D eigenvalue weighted by Gasteiger charge is 2.24. The monoisotopic (exact) mass is 602 g/mol. The van der Waals surface area contributed by atoms with Gasteiger partial charge in [0.25, 0.3) is 0 Å². The van der Waals surface area contributed by atoms with Gasteiger partial charge in [-0.2, -0.15) is 0 Å². The maximum atomic E-state index is 13.7.